The smallest absolute Gasteiger partial charge is 0.264 e. The molecule has 0 bridgehead atoms. The van der Waals surface area contributed by atoms with Crippen molar-refractivity contribution in [3.63, 3.8) is 0 Å². The van der Waals surface area contributed by atoms with Gasteiger partial charge >= 0.3 is 0 Å². The van der Waals surface area contributed by atoms with Crippen molar-refractivity contribution in [3.8, 4) is 11.5 Å². The number of benzene rings is 3. The topological polar surface area (TPSA) is 59.9 Å². The van der Waals surface area contributed by atoms with Gasteiger partial charge in [0.15, 0.2) is 16.7 Å². The zero-order valence-corrected chi connectivity index (χ0v) is 17.8. The standard InChI is InChI=1S/C24H18F2N2O3S/c1-30-21-12-15(9-10-20(21)31-14-16-5-4-6-17(25)11-16)13-22-23(29)28-24(32-22)27-19-8-3-2-7-18(19)26/h2-13H,14H2,1H3,(H,27,28,29)/b22-13-. The van der Waals surface area contributed by atoms with E-state index in [4.69, 9.17) is 9.47 Å². The number of ether oxygens (including phenoxy) is 2. The molecule has 1 aliphatic heterocycles. The van der Waals surface area contributed by atoms with Crippen molar-refractivity contribution in [2.24, 2.45) is 4.99 Å². The summed E-state index contributed by atoms with van der Waals surface area (Å²) >= 11 is 1.12. The molecule has 0 radical (unpaired) electrons. The first-order valence-corrected chi connectivity index (χ1v) is 10.4. The van der Waals surface area contributed by atoms with E-state index < -0.39 is 5.82 Å². The Balaban J connectivity index is 1.50. The summed E-state index contributed by atoms with van der Waals surface area (Å²) in [5.41, 5.74) is 1.56. The molecule has 0 unspecified atom stereocenters. The van der Waals surface area contributed by atoms with Gasteiger partial charge in [0.25, 0.3) is 5.91 Å². The molecule has 1 aliphatic rings. The number of hydrogen-bond acceptors (Lipinski definition) is 5. The largest absolute Gasteiger partial charge is 0.493 e. The average Bonchev–Trinajstić information content (AvgIpc) is 3.13. The molecule has 1 saturated heterocycles. The summed E-state index contributed by atoms with van der Waals surface area (Å²) in [4.78, 5) is 16.9. The minimum Gasteiger partial charge on any atom is -0.493 e. The second kappa shape index (κ2) is 9.65. The van der Waals surface area contributed by atoms with E-state index in [9.17, 15) is 13.6 Å². The number of carbonyl (C=O) groups is 1. The Kier molecular flexibility index (Phi) is 6.51. The van der Waals surface area contributed by atoms with Gasteiger partial charge < -0.3 is 14.8 Å². The van der Waals surface area contributed by atoms with Gasteiger partial charge in [-0.15, -0.1) is 0 Å². The Bertz CT molecular complexity index is 1230. The van der Waals surface area contributed by atoms with Crippen molar-refractivity contribution in [3.05, 3.63) is 94.4 Å². The molecule has 0 saturated carbocycles. The van der Waals surface area contributed by atoms with Crippen LogP contribution in [0.15, 0.2) is 76.6 Å². The molecular formula is C24H18F2N2O3S. The predicted molar refractivity (Wildman–Crippen MR) is 121 cm³/mol. The van der Waals surface area contributed by atoms with Crippen LogP contribution in [0.1, 0.15) is 11.1 Å². The van der Waals surface area contributed by atoms with Gasteiger partial charge in [-0.1, -0.05) is 30.3 Å². The second-order valence-corrected chi connectivity index (χ2v) is 7.79. The molecule has 0 spiro atoms. The highest BCUT2D eigenvalue weighted by atomic mass is 32.2. The lowest BCUT2D eigenvalue weighted by Crippen LogP contribution is -2.19. The lowest BCUT2D eigenvalue weighted by molar-refractivity contribution is -0.115. The van der Waals surface area contributed by atoms with E-state index in [0.717, 1.165) is 11.8 Å². The average molecular weight is 452 g/mol. The van der Waals surface area contributed by atoms with Gasteiger partial charge in [0.1, 0.15) is 23.9 Å². The van der Waals surface area contributed by atoms with Crippen LogP contribution in [-0.2, 0) is 11.4 Å². The van der Waals surface area contributed by atoms with Crippen molar-refractivity contribution in [2.45, 2.75) is 6.61 Å². The Morgan fingerprint density at radius 3 is 2.66 bits per heavy atom. The highest BCUT2D eigenvalue weighted by Gasteiger charge is 2.24. The summed E-state index contributed by atoms with van der Waals surface area (Å²) in [7, 11) is 1.51. The monoisotopic (exact) mass is 452 g/mol. The van der Waals surface area contributed by atoms with Crippen LogP contribution in [0.25, 0.3) is 6.08 Å². The van der Waals surface area contributed by atoms with Crippen LogP contribution in [0.3, 0.4) is 0 Å². The maximum atomic E-state index is 13.8. The molecule has 1 amide bonds. The molecule has 4 rings (SSSR count). The Labute approximate surface area is 187 Å². The van der Waals surface area contributed by atoms with Crippen LogP contribution in [-0.4, -0.2) is 18.2 Å². The molecule has 0 aliphatic carbocycles. The fraction of sp³-hybridized carbons (Fsp3) is 0.0833. The number of thioether (sulfide) groups is 1. The van der Waals surface area contributed by atoms with Crippen molar-refractivity contribution >= 4 is 34.6 Å². The number of aliphatic imine (C=N–C) groups is 1. The second-order valence-electron chi connectivity index (χ2n) is 6.76. The van der Waals surface area contributed by atoms with Gasteiger partial charge in [0.05, 0.1) is 12.0 Å². The van der Waals surface area contributed by atoms with Gasteiger partial charge in [-0.2, -0.15) is 0 Å². The third-order valence-electron chi connectivity index (χ3n) is 4.49. The molecular weight excluding hydrogens is 434 g/mol. The van der Waals surface area contributed by atoms with Crippen LogP contribution in [0.4, 0.5) is 14.5 Å². The number of halogens is 2. The zero-order chi connectivity index (χ0) is 22.5. The van der Waals surface area contributed by atoms with E-state index in [1.54, 1.807) is 48.5 Å². The van der Waals surface area contributed by atoms with Crippen molar-refractivity contribution < 1.29 is 23.0 Å². The number of nitrogens with zero attached hydrogens (tertiary/aromatic N) is 1. The quantitative estimate of drug-likeness (QED) is 0.506. The van der Waals surface area contributed by atoms with E-state index in [1.807, 2.05) is 0 Å². The van der Waals surface area contributed by atoms with Gasteiger partial charge in [0.2, 0.25) is 0 Å². The summed E-state index contributed by atoms with van der Waals surface area (Å²) in [6.45, 7) is 0.183. The van der Waals surface area contributed by atoms with Crippen molar-refractivity contribution in [1.29, 1.82) is 0 Å². The number of amidine groups is 1. The maximum Gasteiger partial charge on any atom is 0.264 e. The molecule has 0 aromatic heterocycles. The lowest BCUT2D eigenvalue weighted by Gasteiger charge is -2.11. The molecule has 3 aromatic carbocycles. The van der Waals surface area contributed by atoms with Crippen LogP contribution >= 0.6 is 11.8 Å². The first-order chi connectivity index (χ1) is 15.5. The molecule has 5 nitrogen and oxygen atoms in total. The minimum absolute atomic E-state index is 0.151. The van der Waals surface area contributed by atoms with Gasteiger partial charge in [-0.05, 0) is 65.4 Å². The van der Waals surface area contributed by atoms with Crippen molar-refractivity contribution in [2.75, 3.05) is 7.11 Å². The number of methoxy groups -OCH3 is 1. The third-order valence-corrected chi connectivity index (χ3v) is 5.40. The van der Waals surface area contributed by atoms with E-state index in [1.165, 1.54) is 31.4 Å². The van der Waals surface area contributed by atoms with Gasteiger partial charge in [0, 0.05) is 0 Å². The molecule has 162 valence electrons. The summed E-state index contributed by atoms with van der Waals surface area (Å²) in [5, 5.41) is 2.93. The Hall–Kier alpha value is -3.65. The molecule has 1 fully saturated rings. The SMILES string of the molecule is COc1cc(/C=C2\SC(=Nc3ccccc3F)NC2=O)ccc1OCc1cccc(F)c1. The number of para-hydroxylation sites is 1. The summed E-state index contributed by atoms with van der Waals surface area (Å²) in [5.74, 6) is -0.157. The number of hydrogen-bond donors (Lipinski definition) is 1. The van der Waals surface area contributed by atoms with Gasteiger partial charge in [-0.3, -0.25) is 4.79 Å². The normalized spacial score (nSPS) is 15.8. The summed E-state index contributed by atoms with van der Waals surface area (Å²) in [6.07, 6.45) is 1.68. The highest BCUT2D eigenvalue weighted by molar-refractivity contribution is 8.18. The predicted octanol–water partition coefficient (Wildman–Crippen LogP) is 5.44. The first-order valence-electron chi connectivity index (χ1n) is 9.61. The number of amides is 1. The fourth-order valence-electron chi connectivity index (χ4n) is 2.96. The minimum atomic E-state index is -0.467. The molecule has 8 heteroatoms. The molecule has 3 aromatic rings. The van der Waals surface area contributed by atoms with Gasteiger partial charge in [-0.25, -0.2) is 13.8 Å². The fourth-order valence-corrected chi connectivity index (χ4v) is 3.80. The number of nitrogens with one attached hydrogen (secondary N) is 1. The highest BCUT2D eigenvalue weighted by Crippen LogP contribution is 2.33. The molecule has 32 heavy (non-hydrogen) atoms. The molecule has 1 N–H and O–H groups in total. The van der Waals surface area contributed by atoms with E-state index in [-0.39, 0.29) is 24.0 Å². The van der Waals surface area contributed by atoms with Crippen LogP contribution in [0.5, 0.6) is 11.5 Å². The maximum absolute atomic E-state index is 13.8. The van der Waals surface area contributed by atoms with E-state index in [0.29, 0.717) is 32.7 Å². The number of rotatable bonds is 6. The van der Waals surface area contributed by atoms with Crippen molar-refractivity contribution in [1.82, 2.24) is 5.32 Å². The first kappa shape index (κ1) is 21.6. The Morgan fingerprint density at radius 2 is 1.88 bits per heavy atom. The van der Waals surface area contributed by atoms with Crippen LogP contribution in [0, 0.1) is 11.6 Å². The summed E-state index contributed by atoms with van der Waals surface area (Å²) < 4.78 is 38.3. The lowest BCUT2D eigenvalue weighted by atomic mass is 10.2. The van der Waals surface area contributed by atoms with E-state index >= 15 is 0 Å². The molecule has 1 heterocycles. The van der Waals surface area contributed by atoms with Crippen LogP contribution in [0.2, 0.25) is 0 Å². The molecule has 0 atom stereocenters. The Morgan fingerprint density at radius 1 is 1.03 bits per heavy atom. The van der Waals surface area contributed by atoms with Crippen LogP contribution < -0.4 is 14.8 Å². The zero-order valence-electron chi connectivity index (χ0n) is 17.0. The van der Waals surface area contributed by atoms with E-state index in [2.05, 4.69) is 10.3 Å². The third kappa shape index (κ3) is 5.15. The summed E-state index contributed by atoms with van der Waals surface area (Å²) in [6, 6.07) is 17.5. The number of carbonyl (C=O) groups excluding carboxylic acids is 1.